The molecule has 0 aliphatic carbocycles. The maximum absolute atomic E-state index is 12.5. The van der Waals surface area contributed by atoms with Gasteiger partial charge in [-0.05, 0) is 35.8 Å². The zero-order valence-corrected chi connectivity index (χ0v) is 15.7. The van der Waals surface area contributed by atoms with Crippen molar-refractivity contribution in [3.8, 4) is 5.75 Å². The van der Waals surface area contributed by atoms with Gasteiger partial charge in [0.15, 0.2) is 6.61 Å². The van der Waals surface area contributed by atoms with Crippen LogP contribution in [-0.4, -0.2) is 15.7 Å². The van der Waals surface area contributed by atoms with Crippen LogP contribution in [0.15, 0.2) is 77.2 Å². The molecule has 0 fully saturated rings. The van der Waals surface area contributed by atoms with Crippen LogP contribution in [0.25, 0.3) is 10.8 Å². The summed E-state index contributed by atoms with van der Waals surface area (Å²) in [5, 5.41) is 9.16. The van der Waals surface area contributed by atoms with E-state index in [1.165, 1.54) is 4.68 Å². The van der Waals surface area contributed by atoms with Crippen molar-refractivity contribution >= 4 is 34.6 Å². The van der Waals surface area contributed by atoms with Crippen molar-refractivity contribution in [1.82, 2.24) is 9.78 Å². The number of carbonyl (C=O) groups is 1. The molecule has 140 valence electrons. The van der Waals surface area contributed by atoms with E-state index >= 15 is 0 Å². The van der Waals surface area contributed by atoms with Crippen molar-refractivity contribution in [2.45, 2.75) is 13.2 Å². The largest absolute Gasteiger partial charge is 0.484 e. The molecule has 0 bridgehead atoms. The number of hydrogen-bond acceptors (Lipinski definition) is 5. The standard InChI is InChI=1S/C21H17N3O3S/c25-19(22-18-12-6-8-15-7-4-5-11-17(15)18)13-24-21(28)27-20(23-24)14-26-16-9-2-1-3-10-16/h1-12H,13-14H2,(H,22,25). The maximum Gasteiger partial charge on any atom is 0.287 e. The fourth-order valence-corrected chi connectivity index (χ4v) is 3.03. The second-order valence-electron chi connectivity index (χ2n) is 6.10. The van der Waals surface area contributed by atoms with Gasteiger partial charge >= 0.3 is 0 Å². The zero-order chi connectivity index (χ0) is 19.3. The number of nitrogens with one attached hydrogen (secondary N) is 1. The molecule has 4 aromatic rings. The molecule has 0 atom stereocenters. The van der Waals surface area contributed by atoms with Crippen LogP contribution in [-0.2, 0) is 17.9 Å². The molecule has 1 aromatic heterocycles. The molecule has 0 saturated heterocycles. The summed E-state index contributed by atoms with van der Waals surface area (Å²) in [6, 6.07) is 22.9. The third-order valence-electron chi connectivity index (χ3n) is 4.11. The molecule has 0 unspecified atom stereocenters. The van der Waals surface area contributed by atoms with Crippen molar-refractivity contribution in [2.24, 2.45) is 0 Å². The fraction of sp³-hybridized carbons (Fsp3) is 0.0952. The van der Waals surface area contributed by atoms with E-state index in [0.717, 1.165) is 16.5 Å². The van der Waals surface area contributed by atoms with E-state index < -0.39 is 0 Å². The Morgan fingerprint density at radius 1 is 1.04 bits per heavy atom. The van der Waals surface area contributed by atoms with Gasteiger partial charge in [-0.2, -0.15) is 0 Å². The average Bonchev–Trinajstić information content (AvgIpc) is 3.06. The van der Waals surface area contributed by atoms with Crippen LogP contribution in [0.2, 0.25) is 0 Å². The van der Waals surface area contributed by atoms with Gasteiger partial charge < -0.3 is 14.5 Å². The molecule has 0 saturated carbocycles. The molecule has 28 heavy (non-hydrogen) atoms. The highest BCUT2D eigenvalue weighted by atomic mass is 32.1. The summed E-state index contributed by atoms with van der Waals surface area (Å²) >= 11 is 5.16. The van der Waals surface area contributed by atoms with E-state index in [0.29, 0.717) is 11.6 Å². The highest BCUT2D eigenvalue weighted by molar-refractivity contribution is 7.71. The smallest absolute Gasteiger partial charge is 0.287 e. The molecular formula is C21H17N3O3S. The molecule has 4 rings (SSSR count). The molecule has 6 nitrogen and oxygen atoms in total. The van der Waals surface area contributed by atoms with Gasteiger partial charge in [-0.25, -0.2) is 4.68 Å². The van der Waals surface area contributed by atoms with Gasteiger partial charge in [-0.15, -0.1) is 5.10 Å². The van der Waals surface area contributed by atoms with E-state index in [1.807, 2.05) is 72.8 Å². The second kappa shape index (κ2) is 8.06. The number of ether oxygens (including phenoxy) is 1. The Kier molecular flexibility index (Phi) is 5.16. The van der Waals surface area contributed by atoms with Crippen molar-refractivity contribution < 1.29 is 13.9 Å². The van der Waals surface area contributed by atoms with Crippen LogP contribution in [0.4, 0.5) is 5.69 Å². The molecule has 0 radical (unpaired) electrons. The molecular weight excluding hydrogens is 374 g/mol. The lowest BCUT2D eigenvalue weighted by atomic mass is 10.1. The number of rotatable bonds is 6. The first-order chi connectivity index (χ1) is 13.7. The molecule has 0 aliphatic rings. The highest BCUT2D eigenvalue weighted by Crippen LogP contribution is 2.23. The van der Waals surface area contributed by atoms with E-state index in [4.69, 9.17) is 21.4 Å². The first-order valence-electron chi connectivity index (χ1n) is 8.71. The quantitative estimate of drug-likeness (QED) is 0.487. The van der Waals surface area contributed by atoms with Crippen LogP contribution < -0.4 is 10.1 Å². The summed E-state index contributed by atoms with van der Waals surface area (Å²) in [7, 11) is 0. The van der Waals surface area contributed by atoms with E-state index in [9.17, 15) is 4.79 Å². The number of aromatic nitrogens is 2. The third kappa shape index (κ3) is 4.10. The number of para-hydroxylation sites is 1. The van der Waals surface area contributed by atoms with E-state index in [1.54, 1.807) is 0 Å². The number of benzene rings is 3. The Morgan fingerprint density at radius 3 is 2.64 bits per heavy atom. The third-order valence-corrected chi connectivity index (χ3v) is 4.40. The van der Waals surface area contributed by atoms with Crippen LogP contribution in [0.5, 0.6) is 5.75 Å². The van der Waals surface area contributed by atoms with Crippen LogP contribution in [0, 0.1) is 4.84 Å². The topological polar surface area (TPSA) is 69.3 Å². The summed E-state index contributed by atoms with van der Waals surface area (Å²) in [5.74, 6) is 0.773. The number of carbonyl (C=O) groups excluding carboxylic acids is 1. The lowest BCUT2D eigenvalue weighted by Crippen LogP contribution is -2.20. The minimum Gasteiger partial charge on any atom is -0.484 e. The molecule has 1 heterocycles. The minimum atomic E-state index is -0.240. The summed E-state index contributed by atoms with van der Waals surface area (Å²) in [4.78, 5) is 12.6. The summed E-state index contributed by atoms with van der Waals surface area (Å²) in [5.41, 5.74) is 0.741. The van der Waals surface area contributed by atoms with Gasteiger partial charge in [0, 0.05) is 11.1 Å². The lowest BCUT2D eigenvalue weighted by molar-refractivity contribution is -0.117. The lowest BCUT2D eigenvalue weighted by Gasteiger charge is -2.08. The van der Waals surface area contributed by atoms with Gasteiger partial charge in [0.05, 0.1) is 0 Å². The highest BCUT2D eigenvalue weighted by Gasteiger charge is 2.11. The summed E-state index contributed by atoms with van der Waals surface area (Å²) in [6.07, 6.45) is 0. The van der Waals surface area contributed by atoms with Crippen LogP contribution in [0.1, 0.15) is 5.89 Å². The van der Waals surface area contributed by atoms with Gasteiger partial charge in [-0.3, -0.25) is 4.79 Å². The van der Waals surface area contributed by atoms with E-state index in [2.05, 4.69) is 10.4 Å². The molecule has 1 N–H and O–H groups in total. The molecule has 3 aromatic carbocycles. The van der Waals surface area contributed by atoms with Crippen molar-refractivity contribution in [3.05, 3.63) is 83.5 Å². The van der Waals surface area contributed by atoms with Gasteiger partial charge in [0.1, 0.15) is 12.3 Å². The molecule has 0 spiro atoms. The first-order valence-corrected chi connectivity index (χ1v) is 9.12. The Labute approximate surface area is 166 Å². The molecule has 0 aliphatic heterocycles. The second-order valence-corrected chi connectivity index (χ2v) is 6.45. The number of nitrogens with zero attached hydrogens (tertiary/aromatic N) is 2. The average molecular weight is 391 g/mol. The Balaban J connectivity index is 1.43. The monoisotopic (exact) mass is 391 g/mol. The Bertz CT molecular complexity index is 1160. The first kappa shape index (κ1) is 17.9. The maximum atomic E-state index is 12.5. The van der Waals surface area contributed by atoms with Crippen molar-refractivity contribution in [1.29, 1.82) is 0 Å². The Morgan fingerprint density at radius 2 is 1.79 bits per heavy atom. The predicted octanol–water partition coefficient (Wildman–Crippen LogP) is 4.58. The van der Waals surface area contributed by atoms with Crippen molar-refractivity contribution in [2.75, 3.05) is 5.32 Å². The Hall–Kier alpha value is -3.45. The SMILES string of the molecule is O=C(Cn1nc(COc2ccccc2)oc1=S)Nc1cccc2ccccc12. The summed E-state index contributed by atoms with van der Waals surface area (Å²) < 4.78 is 12.4. The number of anilines is 1. The van der Waals surface area contributed by atoms with Crippen LogP contribution in [0.3, 0.4) is 0 Å². The number of hydrogen-bond donors (Lipinski definition) is 1. The molecule has 1 amide bonds. The van der Waals surface area contributed by atoms with E-state index in [-0.39, 0.29) is 23.9 Å². The fourth-order valence-electron chi connectivity index (χ4n) is 2.83. The van der Waals surface area contributed by atoms with Gasteiger partial charge in [0.25, 0.3) is 10.7 Å². The van der Waals surface area contributed by atoms with Crippen LogP contribution >= 0.6 is 12.2 Å². The summed E-state index contributed by atoms with van der Waals surface area (Å²) in [6.45, 7) is 0.0858. The zero-order valence-electron chi connectivity index (χ0n) is 14.9. The molecule has 7 heteroatoms. The van der Waals surface area contributed by atoms with Gasteiger partial charge in [-0.1, -0.05) is 54.6 Å². The van der Waals surface area contributed by atoms with Gasteiger partial charge in [0.2, 0.25) is 5.91 Å². The predicted molar refractivity (Wildman–Crippen MR) is 109 cm³/mol. The number of fused-ring (bicyclic) bond motifs is 1. The normalized spacial score (nSPS) is 10.7. The number of amides is 1. The minimum absolute atomic E-state index is 0.0448. The van der Waals surface area contributed by atoms with Crippen molar-refractivity contribution in [3.63, 3.8) is 0 Å².